The number of amides is 1. The third-order valence-electron chi connectivity index (χ3n) is 4.31. The molecule has 1 N–H and O–H groups in total. The van der Waals surface area contributed by atoms with E-state index in [1.54, 1.807) is 18.2 Å². The molecule has 0 bridgehead atoms. The summed E-state index contributed by atoms with van der Waals surface area (Å²) in [5, 5.41) is 3.09. The van der Waals surface area contributed by atoms with Crippen molar-refractivity contribution in [2.45, 2.75) is 19.8 Å². The molecule has 1 fully saturated rings. The molecule has 1 aromatic heterocycles. The van der Waals surface area contributed by atoms with Crippen LogP contribution in [0.15, 0.2) is 18.2 Å². The van der Waals surface area contributed by atoms with E-state index in [1.807, 2.05) is 6.92 Å². The summed E-state index contributed by atoms with van der Waals surface area (Å²) in [5.41, 5.74) is 1.22. The van der Waals surface area contributed by atoms with Crippen LogP contribution in [0.1, 0.15) is 18.5 Å². The number of nitrogens with one attached hydrogen (secondary N) is 1. The van der Waals surface area contributed by atoms with Crippen LogP contribution in [0, 0.1) is 6.92 Å². The second kappa shape index (κ2) is 8.97. The van der Waals surface area contributed by atoms with Crippen molar-refractivity contribution in [3.8, 4) is 17.4 Å². The number of nitrogens with zero attached hydrogens (tertiary/aromatic N) is 3. The fourth-order valence-corrected chi connectivity index (χ4v) is 3.18. The SMILES string of the molecule is COc1cc(OC)c(NC(=O)COc2cc(C)nc(N3CCCC3)n2)cc1Cl. The number of methoxy groups -OCH3 is 2. The summed E-state index contributed by atoms with van der Waals surface area (Å²) >= 11 is 6.13. The number of aryl methyl sites for hydroxylation is 1. The zero-order valence-electron chi connectivity index (χ0n) is 16.1. The zero-order valence-corrected chi connectivity index (χ0v) is 16.9. The minimum Gasteiger partial charge on any atom is -0.495 e. The van der Waals surface area contributed by atoms with E-state index < -0.39 is 0 Å². The average Bonchev–Trinajstić information content (AvgIpc) is 3.21. The van der Waals surface area contributed by atoms with Crippen LogP contribution in [0.5, 0.6) is 17.4 Å². The lowest BCUT2D eigenvalue weighted by atomic mass is 10.2. The highest BCUT2D eigenvalue weighted by Crippen LogP contribution is 2.35. The average molecular weight is 407 g/mol. The van der Waals surface area contributed by atoms with E-state index in [2.05, 4.69) is 20.2 Å². The second-order valence-electron chi connectivity index (χ2n) is 6.37. The number of benzene rings is 1. The molecule has 0 spiro atoms. The van der Waals surface area contributed by atoms with Gasteiger partial charge in [0.1, 0.15) is 11.5 Å². The second-order valence-corrected chi connectivity index (χ2v) is 6.77. The molecular weight excluding hydrogens is 384 g/mol. The Labute approximate surface area is 168 Å². The predicted octanol–water partition coefficient (Wildman–Crippen LogP) is 3.07. The molecule has 1 saturated heterocycles. The Hall–Kier alpha value is -2.74. The molecule has 0 aliphatic carbocycles. The fourth-order valence-electron chi connectivity index (χ4n) is 2.94. The van der Waals surface area contributed by atoms with Crippen molar-refractivity contribution >= 4 is 29.1 Å². The van der Waals surface area contributed by atoms with Crippen molar-refractivity contribution in [1.82, 2.24) is 9.97 Å². The molecule has 3 rings (SSSR count). The maximum Gasteiger partial charge on any atom is 0.262 e. The number of halogens is 1. The van der Waals surface area contributed by atoms with Gasteiger partial charge >= 0.3 is 0 Å². The smallest absolute Gasteiger partial charge is 0.262 e. The van der Waals surface area contributed by atoms with E-state index in [0.717, 1.165) is 31.6 Å². The summed E-state index contributed by atoms with van der Waals surface area (Å²) in [4.78, 5) is 23.3. The summed E-state index contributed by atoms with van der Waals surface area (Å²) in [6.07, 6.45) is 2.25. The van der Waals surface area contributed by atoms with Crippen LogP contribution in [0.4, 0.5) is 11.6 Å². The van der Waals surface area contributed by atoms with Gasteiger partial charge in [0, 0.05) is 30.9 Å². The van der Waals surface area contributed by atoms with Gasteiger partial charge in [0.05, 0.1) is 24.9 Å². The number of rotatable bonds is 7. The Morgan fingerprint density at radius 2 is 1.86 bits per heavy atom. The molecule has 1 amide bonds. The van der Waals surface area contributed by atoms with Crippen molar-refractivity contribution in [3.05, 3.63) is 28.9 Å². The van der Waals surface area contributed by atoms with Gasteiger partial charge in [0.25, 0.3) is 5.91 Å². The van der Waals surface area contributed by atoms with Gasteiger partial charge in [-0.25, -0.2) is 4.98 Å². The zero-order chi connectivity index (χ0) is 20.1. The molecule has 2 heterocycles. The lowest BCUT2D eigenvalue weighted by molar-refractivity contribution is -0.118. The van der Waals surface area contributed by atoms with Crippen LogP contribution in [0.3, 0.4) is 0 Å². The number of carbonyl (C=O) groups is 1. The number of aromatic nitrogens is 2. The van der Waals surface area contributed by atoms with Crippen LogP contribution >= 0.6 is 11.6 Å². The molecule has 2 aromatic rings. The number of carbonyl (C=O) groups excluding carboxylic acids is 1. The van der Waals surface area contributed by atoms with E-state index >= 15 is 0 Å². The molecule has 0 unspecified atom stereocenters. The van der Waals surface area contributed by atoms with Crippen LogP contribution in [0.2, 0.25) is 5.02 Å². The van der Waals surface area contributed by atoms with Gasteiger partial charge in [-0.1, -0.05) is 11.6 Å². The highest BCUT2D eigenvalue weighted by Gasteiger charge is 2.17. The minimum atomic E-state index is -0.362. The van der Waals surface area contributed by atoms with Crippen LogP contribution < -0.4 is 24.4 Å². The van der Waals surface area contributed by atoms with Crippen LogP contribution in [-0.4, -0.2) is 49.8 Å². The van der Waals surface area contributed by atoms with Crippen molar-refractivity contribution in [3.63, 3.8) is 0 Å². The summed E-state index contributed by atoms with van der Waals surface area (Å²) in [5.74, 6) is 1.53. The fraction of sp³-hybridized carbons (Fsp3) is 0.421. The molecular formula is C19H23ClN4O4. The number of anilines is 2. The van der Waals surface area contributed by atoms with Crippen molar-refractivity contribution < 1.29 is 19.0 Å². The lowest BCUT2D eigenvalue weighted by Gasteiger charge is -2.16. The van der Waals surface area contributed by atoms with Crippen LogP contribution in [0.25, 0.3) is 0 Å². The largest absolute Gasteiger partial charge is 0.495 e. The first kappa shape index (κ1) is 20.0. The van der Waals surface area contributed by atoms with Gasteiger partial charge in [-0.3, -0.25) is 4.79 Å². The Bertz CT molecular complexity index is 856. The topological polar surface area (TPSA) is 85.8 Å². The number of hydrogen-bond donors (Lipinski definition) is 1. The van der Waals surface area contributed by atoms with E-state index in [-0.39, 0.29) is 12.5 Å². The molecule has 1 aliphatic heterocycles. The third-order valence-corrected chi connectivity index (χ3v) is 4.60. The Balaban J connectivity index is 1.65. The normalized spacial score (nSPS) is 13.4. The lowest BCUT2D eigenvalue weighted by Crippen LogP contribution is -2.23. The summed E-state index contributed by atoms with van der Waals surface area (Å²) in [7, 11) is 3.01. The number of ether oxygens (including phenoxy) is 3. The summed E-state index contributed by atoms with van der Waals surface area (Å²) in [6, 6.07) is 4.88. The molecule has 0 atom stereocenters. The van der Waals surface area contributed by atoms with Crippen LogP contribution in [-0.2, 0) is 4.79 Å². The summed E-state index contributed by atoms with van der Waals surface area (Å²) in [6.45, 7) is 3.53. The Morgan fingerprint density at radius 3 is 2.54 bits per heavy atom. The van der Waals surface area contributed by atoms with E-state index in [1.165, 1.54) is 14.2 Å². The molecule has 28 heavy (non-hydrogen) atoms. The molecule has 150 valence electrons. The van der Waals surface area contributed by atoms with Gasteiger partial charge in [0.15, 0.2) is 6.61 Å². The molecule has 0 saturated carbocycles. The highest BCUT2D eigenvalue weighted by atomic mass is 35.5. The summed E-state index contributed by atoms with van der Waals surface area (Å²) < 4.78 is 16.0. The molecule has 8 nitrogen and oxygen atoms in total. The van der Waals surface area contributed by atoms with Gasteiger partial charge in [0.2, 0.25) is 11.8 Å². The van der Waals surface area contributed by atoms with Crippen molar-refractivity contribution in [1.29, 1.82) is 0 Å². The van der Waals surface area contributed by atoms with Gasteiger partial charge in [-0.05, 0) is 25.8 Å². The first-order chi connectivity index (χ1) is 13.5. The maximum absolute atomic E-state index is 12.3. The Kier molecular flexibility index (Phi) is 6.41. The van der Waals surface area contributed by atoms with Gasteiger partial charge in [-0.2, -0.15) is 4.98 Å². The van der Waals surface area contributed by atoms with E-state index in [4.69, 9.17) is 25.8 Å². The first-order valence-electron chi connectivity index (χ1n) is 8.95. The minimum absolute atomic E-state index is 0.206. The molecule has 9 heteroatoms. The third kappa shape index (κ3) is 4.75. The standard InChI is InChI=1S/C19H23ClN4O4/c1-12-8-18(23-19(21-12)24-6-4-5-7-24)28-11-17(25)22-14-9-13(20)15(26-2)10-16(14)27-3/h8-10H,4-7,11H2,1-3H3,(H,22,25). The highest BCUT2D eigenvalue weighted by molar-refractivity contribution is 6.32. The van der Waals surface area contributed by atoms with Crippen molar-refractivity contribution in [2.24, 2.45) is 0 Å². The van der Waals surface area contributed by atoms with E-state index in [0.29, 0.717) is 34.0 Å². The Morgan fingerprint density at radius 1 is 1.14 bits per heavy atom. The molecule has 1 aliphatic rings. The predicted molar refractivity (Wildman–Crippen MR) is 107 cm³/mol. The monoisotopic (exact) mass is 406 g/mol. The molecule has 1 aromatic carbocycles. The first-order valence-corrected chi connectivity index (χ1v) is 9.32. The van der Waals surface area contributed by atoms with Gasteiger partial charge < -0.3 is 24.4 Å². The molecule has 0 radical (unpaired) electrons. The maximum atomic E-state index is 12.3. The quantitative estimate of drug-likeness (QED) is 0.756. The van der Waals surface area contributed by atoms with Gasteiger partial charge in [-0.15, -0.1) is 0 Å². The number of hydrogen-bond acceptors (Lipinski definition) is 7. The van der Waals surface area contributed by atoms with E-state index in [9.17, 15) is 4.79 Å². The van der Waals surface area contributed by atoms with Crippen molar-refractivity contribution in [2.75, 3.05) is 44.1 Å².